The first-order valence-corrected chi connectivity index (χ1v) is 7.00. The van der Waals surface area contributed by atoms with Crippen LogP contribution in [0.15, 0.2) is 34.2 Å². The molecule has 94 valence electrons. The molecule has 0 fully saturated rings. The molecule has 2 heterocycles. The largest absolute Gasteiger partial charge is 0.370 e. The van der Waals surface area contributed by atoms with E-state index in [0.717, 1.165) is 22.6 Å². The van der Waals surface area contributed by atoms with Crippen LogP contribution in [0.4, 0.5) is 5.82 Å². The van der Waals surface area contributed by atoms with Gasteiger partial charge in [-0.15, -0.1) is 11.3 Å². The van der Waals surface area contributed by atoms with Crippen molar-refractivity contribution in [1.29, 1.82) is 0 Å². The molecular formula is C12H12BrN3OS. The Morgan fingerprint density at radius 2 is 2.22 bits per heavy atom. The van der Waals surface area contributed by atoms with Gasteiger partial charge in [0.25, 0.3) is 0 Å². The zero-order valence-electron chi connectivity index (χ0n) is 9.52. The van der Waals surface area contributed by atoms with Crippen molar-refractivity contribution in [2.75, 3.05) is 11.9 Å². The number of hydrogen-bond acceptors (Lipinski definition) is 4. The summed E-state index contributed by atoms with van der Waals surface area (Å²) >= 11 is 5.16. The van der Waals surface area contributed by atoms with Crippen LogP contribution in [0.25, 0.3) is 0 Å². The second-order valence-corrected chi connectivity index (χ2v) is 6.23. The van der Waals surface area contributed by atoms with E-state index in [1.807, 2.05) is 6.07 Å². The van der Waals surface area contributed by atoms with Crippen molar-refractivity contribution < 1.29 is 4.79 Å². The average Bonchev–Trinajstić information content (AvgIpc) is 2.76. The van der Waals surface area contributed by atoms with Crippen molar-refractivity contribution in [3.63, 3.8) is 0 Å². The minimum Gasteiger partial charge on any atom is -0.370 e. The lowest BCUT2D eigenvalue weighted by atomic mass is 10.2. The van der Waals surface area contributed by atoms with Crippen molar-refractivity contribution >= 4 is 39.0 Å². The number of hydrogen-bond donors (Lipinski definition) is 2. The molecule has 2 aromatic heterocycles. The number of halogens is 1. The van der Waals surface area contributed by atoms with E-state index in [2.05, 4.69) is 32.3 Å². The van der Waals surface area contributed by atoms with Crippen LogP contribution in [0.1, 0.15) is 15.2 Å². The van der Waals surface area contributed by atoms with Crippen molar-refractivity contribution in [1.82, 2.24) is 4.98 Å². The maximum Gasteiger partial charge on any atom is 0.250 e. The van der Waals surface area contributed by atoms with Gasteiger partial charge < -0.3 is 11.1 Å². The number of carbonyl (C=O) groups excluding carboxylic acids is 1. The standard InChI is InChI=1S/C12H12BrN3OS/c13-10-3-2-9(18-10)5-6-15-11-4-1-8(7-16-11)12(14)17/h1-4,7H,5-6H2,(H2,14,17)(H,15,16). The fourth-order valence-electron chi connectivity index (χ4n) is 1.44. The van der Waals surface area contributed by atoms with E-state index in [-0.39, 0.29) is 0 Å². The Kier molecular flexibility index (Phi) is 4.33. The third-order valence-electron chi connectivity index (χ3n) is 2.35. The minimum absolute atomic E-state index is 0.419. The maximum atomic E-state index is 10.9. The molecule has 3 N–H and O–H groups in total. The zero-order valence-corrected chi connectivity index (χ0v) is 11.9. The Bertz CT molecular complexity index is 539. The van der Waals surface area contributed by atoms with Crippen LogP contribution in [-0.4, -0.2) is 17.4 Å². The molecule has 0 bridgehead atoms. The normalized spacial score (nSPS) is 10.3. The lowest BCUT2D eigenvalue weighted by molar-refractivity contribution is 0.1000. The first-order chi connectivity index (χ1) is 8.65. The van der Waals surface area contributed by atoms with E-state index in [1.165, 1.54) is 11.1 Å². The third kappa shape index (κ3) is 3.54. The monoisotopic (exact) mass is 325 g/mol. The summed E-state index contributed by atoms with van der Waals surface area (Å²) in [7, 11) is 0. The second-order valence-electron chi connectivity index (χ2n) is 3.68. The Morgan fingerprint density at radius 3 is 2.78 bits per heavy atom. The number of amides is 1. The van der Waals surface area contributed by atoms with Gasteiger partial charge in [0.2, 0.25) is 5.91 Å². The van der Waals surface area contributed by atoms with E-state index < -0.39 is 5.91 Å². The third-order valence-corrected chi connectivity index (χ3v) is 4.04. The minimum atomic E-state index is -0.461. The Balaban J connectivity index is 1.85. The van der Waals surface area contributed by atoms with Gasteiger partial charge in [-0.3, -0.25) is 4.79 Å². The van der Waals surface area contributed by atoms with Crippen LogP contribution in [-0.2, 0) is 6.42 Å². The summed E-state index contributed by atoms with van der Waals surface area (Å²) in [5, 5.41) is 3.20. The lowest BCUT2D eigenvalue weighted by Crippen LogP contribution is -2.12. The zero-order chi connectivity index (χ0) is 13.0. The number of nitrogens with two attached hydrogens (primary N) is 1. The van der Waals surface area contributed by atoms with Crippen LogP contribution in [0.3, 0.4) is 0 Å². The van der Waals surface area contributed by atoms with Gasteiger partial charge in [0, 0.05) is 17.6 Å². The number of aromatic nitrogens is 1. The van der Waals surface area contributed by atoms with Gasteiger partial charge in [-0.25, -0.2) is 4.98 Å². The topological polar surface area (TPSA) is 68.0 Å². The van der Waals surface area contributed by atoms with Gasteiger partial charge in [0.15, 0.2) is 0 Å². The number of thiophene rings is 1. The highest BCUT2D eigenvalue weighted by Gasteiger charge is 2.01. The molecule has 0 radical (unpaired) electrons. The Hall–Kier alpha value is -1.40. The van der Waals surface area contributed by atoms with Crippen LogP contribution in [0.2, 0.25) is 0 Å². The average molecular weight is 326 g/mol. The fraction of sp³-hybridized carbons (Fsp3) is 0.167. The Morgan fingerprint density at radius 1 is 1.39 bits per heavy atom. The molecule has 0 aliphatic heterocycles. The SMILES string of the molecule is NC(=O)c1ccc(NCCc2ccc(Br)s2)nc1. The molecule has 0 saturated carbocycles. The number of primary amides is 1. The second kappa shape index (κ2) is 5.97. The number of nitrogens with one attached hydrogen (secondary N) is 1. The van der Waals surface area contributed by atoms with Gasteiger partial charge in [0.1, 0.15) is 5.82 Å². The van der Waals surface area contributed by atoms with Gasteiger partial charge in [-0.2, -0.15) is 0 Å². The molecule has 0 aromatic carbocycles. The van der Waals surface area contributed by atoms with Gasteiger partial charge in [0.05, 0.1) is 9.35 Å². The summed E-state index contributed by atoms with van der Waals surface area (Å²) < 4.78 is 1.14. The van der Waals surface area contributed by atoms with Gasteiger partial charge in [-0.1, -0.05) is 0 Å². The molecule has 0 unspecified atom stereocenters. The predicted molar refractivity (Wildman–Crippen MR) is 77.0 cm³/mol. The molecular weight excluding hydrogens is 314 g/mol. The summed E-state index contributed by atoms with van der Waals surface area (Å²) in [6.45, 7) is 0.801. The molecule has 0 spiro atoms. The Labute approximate surface area is 117 Å². The van der Waals surface area contributed by atoms with Crippen LogP contribution in [0.5, 0.6) is 0 Å². The highest BCUT2D eigenvalue weighted by molar-refractivity contribution is 9.11. The number of carbonyl (C=O) groups is 1. The summed E-state index contributed by atoms with van der Waals surface area (Å²) in [4.78, 5) is 16.3. The van der Waals surface area contributed by atoms with Crippen LogP contribution < -0.4 is 11.1 Å². The van der Waals surface area contributed by atoms with E-state index in [9.17, 15) is 4.79 Å². The van der Waals surface area contributed by atoms with E-state index in [4.69, 9.17) is 5.73 Å². The molecule has 18 heavy (non-hydrogen) atoms. The van der Waals surface area contributed by atoms with Crippen molar-refractivity contribution in [3.05, 3.63) is 44.7 Å². The molecule has 0 aliphatic rings. The molecule has 0 aliphatic carbocycles. The number of pyridine rings is 1. The molecule has 0 atom stereocenters. The molecule has 1 amide bonds. The van der Waals surface area contributed by atoms with Crippen molar-refractivity contribution in [2.45, 2.75) is 6.42 Å². The van der Waals surface area contributed by atoms with Gasteiger partial charge >= 0.3 is 0 Å². The smallest absolute Gasteiger partial charge is 0.250 e. The number of nitrogens with zero attached hydrogens (tertiary/aromatic N) is 1. The summed E-state index contributed by atoms with van der Waals surface area (Å²) in [6, 6.07) is 7.56. The quantitative estimate of drug-likeness (QED) is 0.888. The fourth-order valence-corrected chi connectivity index (χ4v) is 2.93. The first kappa shape index (κ1) is 13.0. The van der Waals surface area contributed by atoms with Crippen LogP contribution in [0, 0.1) is 0 Å². The maximum absolute atomic E-state index is 10.9. The highest BCUT2D eigenvalue weighted by atomic mass is 79.9. The highest BCUT2D eigenvalue weighted by Crippen LogP contribution is 2.22. The summed E-state index contributed by atoms with van der Waals surface area (Å²) in [5.74, 6) is 0.285. The first-order valence-electron chi connectivity index (χ1n) is 5.39. The summed E-state index contributed by atoms with van der Waals surface area (Å²) in [6.07, 6.45) is 2.42. The van der Waals surface area contributed by atoms with Gasteiger partial charge in [-0.05, 0) is 46.6 Å². The van der Waals surface area contributed by atoms with E-state index >= 15 is 0 Å². The van der Waals surface area contributed by atoms with E-state index in [0.29, 0.717) is 5.56 Å². The molecule has 2 rings (SSSR count). The van der Waals surface area contributed by atoms with Crippen molar-refractivity contribution in [3.8, 4) is 0 Å². The van der Waals surface area contributed by atoms with Crippen molar-refractivity contribution in [2.24, 2.45) is 5.73 Å². The van der Waals surface area contributed by atoms with Crippen LogP contribution >= 0.6 is 27.3 Å². The summed E-state index contributed by atoms with van der Waals surface area (Å²) in [5.41, 5.74) is 5.56. The number of rotatable bonds is 5. The molecule has 0 saturated heterocycles. The number of anilines is 1. The predicted octanol–water partition coefficient (Wildman–Crippen LogP) is 2.66. The molecule has 4 nitrogen and oxygen atoms in total. The molecule has 6 heteroatoms. The lowest BCUT2D eigenvalue weighted by Gasteiger charge is -2.04. The molecule has 2 aromatic rings. The van der Waals surface area contributed by atoms with E-state index in [1.54, 1.807) is 23.5 Å².